The third-order valence-corrected chi connectivity index (χ3v) is 4.74. The number of hydrogen-bond donors (Lipinski definition) is 1. The summed E-state index contributed by atoms with van der Waals surface area (Å²) < 4.78 is 15.1. The van der Waals surface area contributed by atoms with Gasteiger partial charge in [0.25, 0.3) is 0 Å². The summed E-state index contributed by atoms with van der Waals surface area (Å²) in [5, 5.41) is 3.37. The summed E-state index contributed by atoms with van der Waals surface area (Å²) in [5.41, 5.74) is 0.835. The minimum absolute atomic E-state index is 0. The molecule has 120 valence electrons. The number of benzene rings is 1. The maximum atomic E-state index is 14.5. The first-order chi connectivity index (χ1) is 9.65. The summed E-state index contributed by atoms with van der Waals surface area (Å²) in [4.78, 5) is 2.43. The van der Waals surface area contributed by atoms with Gasteiger partial charge in [0.2, 0.25) is 0 Å². The summed E-state index contributed by atoms with van der Waals surface area (Å²) >= 11 is 3.32. The van der Waals surface area contributed by atoms with Crippen molar-refractivity contribution >= 4 is 28.3 Å². The first kappa shape index (κ1) is 18.9. The SMILES string of the molecule is CCCC(C)[C@H](c1cccc(Br)c1F)N1CCNCC1.Cl. The van der Waals surface area contributed by atoms with Gasteiger partial charge in [-0.1, -0.05) is 32.4 Å². The number of nitrogens with zero attached hydrogens (tertiary/aromatic N) is 1. The van der Waals surface area contributed by atoms with E-state index in [0.717, 1.165) is 44.6 Å². The largest absolute Gasteiger partial charge is 0.314 e. The van der Waals surface area contributed by atoms with Gasteiger partial charge in [-0.2, -0.15) is 0 Å². The van der Waals surface area contributed by atoms with Crippen molar-refractivity contribution < 1.29 is 4.39 Å². The topological polar surface area (TPSA) is 15.3 Å². The third kappa shape index (κ3) is 4.65. The van der Waals surface area contributed by atoms with Crippen LogP contribution < -0.4 is 5.32 Å². The second-order valence-corrected chi connectivity index (χ2v) is 6.49. The quantitative estimate of drug-likeness (QED) is 0.816. The molecule has 1 aromatic carbocycles. The highest BCUT2D eigenvalue weighted by Crippen LogP contribution is 2.35. The van der Waals surface area contributed by atoms with Gasteiger partial charge in [0.05, 0.1) is 4.47 Å². The molecule has 1 fully saturated rings. The van der Waals surface area contributed by atoms with Gasteiger partial charge in [0, 0.05) is 37.8 Å². The zero-order valence-corrected chi connectivity index (χ0v) is 15.1. The maximum Gasteiger partial charge on any atom is 0.142 e. The standard InChI is InChI=1S/C16H24BrFN2.ClH/c1-3-5-12(2)16(20-10-8-19-9-11-20)13-6-4-7-14(17)15(13)18;/h4,6-7,12,16,19H,3,5,8-11H2,1-2H3;1H/t12?,16-;/m1./s1. The van der Waals surface area contributed by atoms with Gasteiger partial charge in [-0.3, -0.25) is 4.90 Å². The zero-order valence-electron chi connectivity index (χ0n) is 12.7. The second-order valence-electron chi connectivity index (χ2n) is 5.64. The van der Waals surface area contributed by atoms with Crippen LogP contribution in [0.2, 0.25) is 0 Å². The maximum absolute atomic E-state index is 14.5. The van der Waals surface area contributed by atoms with Crippen LogP contribution in [0.3, 0.4) is 0 Å². The number of rotatable bonds is 5. The molecule has 5 heteroatoms. The zero-order chi connectivity index (χ0) is 14.5. The Bertz CT molecular complexity index is 438. The van der Waals surface area contributed by atoms with Crippen LogP contribution in [-0.4, -0.2) is 31.1 Å². The molecule has 0 radical (unpaired) electrons. The molecule has 0 saturated carbocycles. The molecule has 0 bridgehead atoms. The predicted octanol–water partition coefficient (Wildman–Crippen LogP) is 4.39. The average Bonchev–Trinajstić information content (AvgIpc) is 2.45. The summed E-state index contributed by atoms with van der Waals surface area (Å²) in [5.74, 6) is 0.362. The molecule has 0 aliphatic carbocycles. The van der Waals surface area contributed by atoms with E-state index in [0.29, 0.717) is 10.4 Å². The van der Waals surface area contributed by atoms with Gasteiger partial charge in [0.1, 0.15) is 5.82 Å². The van der Waals surface area contributed by atoms with Gasteiger partial charge in [-0.15, -0.1) is 12.4 Å². The molecule has 1 saturated heterocycles. The molecule has 2 rings (SSSR count). The van der Waals surface area contributed by atoms with E-state index in [1.165, 1.54) is 0 Å². The van der Waals surface area contributed by atoms with Crippen LogP contribution in [0.15, 0.2) is 22.7 Å². The molecular formula is C16H25BrClFN2. The molecule has 2 nitrogen and oxygen atoms in total. The Morgan fingerprint density at radius 3 is 2.62 bits per heavy atom. The van der Waals surface area contributed by atoms with Crippen LogP contribution >= 0.6 is 28.3 Å². The first-order valence-corrected chi connectivity index (χ1v) is 8.33. The van der Waals surface area contributed by atoms with E-state index in [4.69, 9.17) is 0 Å². The van der Waals surface area contributed by atoms with Crippen molar-refractivity contribution in [1.29, 1.82) is 0 Å². The molecule has 1 N–H and O–H groups in total. The lowest BCUT2D eigenvalue weighted by Gasteiger charge is -2.39. The monoisotopic (exact) mass is 378 g/mol. The lowest BCUT2D eigenvalue weighted by Crippen LogP contribution is -2.46. The van der Waals surface area contributed by atoms with Gasteiger partial charge < -0.3 is 5.32 Å². The highest BCUT2D eigenvalue weighted by molar-refractivity contribution is 9.10. The Morgan fingerprint density at radius 1 is 1.33 bits per heavy atom. The van der Waals surface area contributed by atoms with Gasteiger partial charge >= 0.3 is 0 Å². The molecule has 0 amide bonds. The molecule has 1 heterocycles. The fourth-order valence-electron chi connectivity index (χ4n) is 3.19. The average molecular weight is 380 g/mol. The number of hydrogen-bond acceptors (Lipinski definition) is 2. The van der Waals surface area contributed by atoms with Crippen molar-refractivity contribution in [2.75, 3.05) is 26.2 Å². The summed E-state index contributed by atoms with van der Waals surface area (Å²) in [7, 11) is 0. The van der Waals surface area contributed by atoms with Crippen molar-refractivity contribution in [1.82, 2.24) is 10.2 Å². The van der Waals surface area contributed by atoms with Crippen LogP contribution in [0.5, 0.6) is 0 Å². The van der Waals surface area contributed by atoms with Crippen LogP contribution in [0.25, 0.3) is 0 Å². The predicted molar refractivity (Wildman–Crippen MR) is 92.6 cm³/mol. The minimum Gasteiger partial charge on any atom is -0.314 e. The van der Waals surface area contributed by atoms with Gasteiger partial charge in [-0.05, 0) is 34.3 Å². The Morgan fingerprint density at radius 2 is 2.00 bits per heavy atom. The van der Waals surface area contributed by atoms with Crippen molar-refractivity contribution in [3.8, 4) is 0 Å². The van der Waals surface area contributed by atoms with Crippen LogP contribution in [0.1, 0.15) is 38.3 Å². The first-order valence-electron chi connectivity index (χ1n) is 7.53. The van der Waals surface area contributed by atoms with E-state index in [1.807, 2.05) is 12.1 Å². The fourth-order valence-corrected chi connectivity index (χ4v) is 3.57. The van der Waals surface area contributed by atoms with Crippen molar-refractivity contribution in [2.24, 2.45) is 5.92 Å². The van der Waals surface area contributed by atoms with E-state index in [1.54, 1.807) is 6.07 Å². The molecule has 1 aromatic rings. The molecule has 1 aliphatic heterocycles. The van der Waals surface area contributed by atoms with Crippen molar-refractivity contribution in [3.63, 3.8) is 0 Å². The molecule has 2 atom stereocenters. The highest BCUT2D eigenvalue weighted by Gasteiger charge is 2.29. The van der Waals surface area contributed by atoms with Gasteiger partial charge in [-0.25, -0.2) is 4.39 Å². The Hall–Kier alpha value is -0.160. The third-order valence-electron chi connectivity index (χ3n) is 4.13. The Kier molecular flexibility index (Phi) is 8.17. The number of nitrogens with one attached hydrogen (secondary N) is 1. The van der Waals surface area contributed by atoms with Crippen molar-refractivity contribution in [3.05, 3.63) is 34.1 Å². The molecule has 0 spiro atoms. The van der Waals surface area contributed by atoms with Crippen molar-refractivity contribution in [2.45, 2.75) is 32.7 Å². The van der Waals surface area contributed by atoms with E-state index in [-0.39, 0.29) is 24.3 Å². The summed E-state index contributed by atoms with van der Waals surface area (Å²) in [6.07, 6.45) is 2.26. The minimum atomic E-state index is -0.0982. The molecule has 0 aromatic heterocycles. The Balaban J connectivity index is 0.00000220. The van der Waals surface area contributed by atoms with Crippen LogP contribution in [-0.2, 0) is 0 Å². The van der Waals surface area contributed by atoms with E-state index in [9.17, 15) is 4.39 Å². The number of piperazine rings is 1. The van der Waals surface area contributed by atoms with Crippen LogP contribution in [0.4, 0.5) is 4.39 Å². The van der Waals surface area contributed by atoms with Crippen LogP contribution in [0, 0.1) is 11.7 Å². The second kappa shape index (κ2) is 9.09. The lowest BCUT2D eigenvalue weighted by molar-refractivity contribution is 0.123. The van der Waals surface area contributed by atoms with E-state index < -0.39 is 0 Å². The normalized spacial score (nSPS) is 18.9. The smallest absolute Gasteiger partial charge is 0.142 e. The van der Waals surface area contributed by atoms with E-state index >= 15 is 0 Å². The molecule has 1 aliphatic rings. The van der Waals surface area contributed by atoms with E-state index in [2.05, 4.69) is 40.0 Å². The summed E-state index contributed by atoms with van der Waals surface area (Å²) in [6.45, 7) is 8.41. The molecule has 21 heavy (non-hydrogen) atoms. The highest BCUT2D eigenvalue weighted by atomic mass is 79.9. The lowest BCUT2D eigenvalue weighted by atomic mass is 9.89. The fraction of sp³-hybridized carbons (Fsp3) is 0.625. The van der Waals surface area contributed by atoms with Gasteiger partial charge in [0.15, 0.2) is 0 Å². The summed E-state index contributed by atoms with van der Waals surface area (Å²) in [6, 6.07) is 5.84. The Labute approximate surface area is 142 Å². The number of halogens is 3. The molecular weight excluding hydrogens is 355 g/mol. The molecule has 1 unspecified atom stereocenters.